The Morgan fingerprint density at radius 3 is 2.54 bits per heavy atom. The molecule has 0 radical (unpaired) electrons. The molecule has 4 rings (SSSR count). The molecule has 1 saturated heterocycles. The molecule has 0 unspecified atom stereocenters. The molecule has 134 valence electrons. The normalized spacial score (nSPS) is 19.2. The van der Waals surface area contributed by atoms with Gasteiger partial charge >= 0.3 is 0 Å². The number of quaternary nitrogens is 1. The van der Waals surface area contributed by atoms with Crippen LogP contribution in [0.1, 0.15) is 24.5 Å². The van der Waals surface area contributed by atoms with Crippen LogP contribution in [0.25, 0.3) is 11.0 Å². The SMILES string of the molecule is C[NH+]1CCN(c2nc3ccccc3nc2[C@@H](C#N)C(=O)NC2CC2)CC1. The minimum Gasteiger partial charge on any atom is -0.352 e. The van der Waals surface area contributed by atoms with Crippen LogP contribution in [0.3, 0.4) is 0 Å². The molecular weight excluding hydrogens is 328 g/mol. The second-order valence-corrected chi connectivity index (χ2v) is 7.21. The average molecular weight is 351 g/mol. The molecule has 1 aromatic carbocycles. The van der Waals surface area contributed by atoms with Crippen LogP contribution in [0.4, 0.5) is 5.82 Å². The highest BCUT2D eigenvalue weighted by Gasteiger charge is 2.33. The van der Waals surface area contributed by atoms with Crippen LogP contribution in [0.5, 0.6) is 0 Å². The van der Waals surface area contributed by atoms with Crippen molar-refractivity contribution in [3.63, 3.8) is 0 Å². The molecule has 26 heavy (non-hydrogen) atoms. The fourth-order valence-corrected chi connectivity index (χ4v) is 3.29. The number of fused-ring (bicyclic) bond motifs is 1. The van der Waals surface area contributed by atoms with Crippen molar-refractivity contribution in [1.82, 2.24) is 15.3 Å². The van der Waals surface area contributed by atoms with Gasteiger partial charge in [0.2, 0.25) is 5.91 Å². The Labute approximate surface area is 152 Å². The van der Waals surface area contributed by atoms with Gasteiger partial charge < -0.3 is 15.1 Å². The summed E-state index contributed by atoms with van der Waals surface area (Å²) in [5.41, 5.74) is 1.98. The smallest absolute Gasteiger partial charge is 0.243 e. The highest BCUT2D eigenvalue weighted by molar-refractivity contribution is 5.89. The molecule has 2 fully saturated rings. The number of nitrogens with one attached hydrogen (secondary N) is 2. The van der Waals surface area contributed by atoms with E-state index in [0.717, 1.165) is 44.5 Å². The van der Waals surface area contributed by atoms with E-state index in [2.05, 4.69) is 23.3 Å². The number of nitriles is 1. The topological polar surface area (TPSA) is 86.3 Å². The number of aromatic nitrogens is 2. The lowest BCUT2D eigenvalue weighted by Gasteiger charge is -2.32. The van der Waals surface area contributed by atoms with Crippen LogP contribution in [-0.4, -0.2) is 55.1 Å². The number of carbonyl (C=O) groups excluding carboxylic acids is 1. The molecular formula is C19H23N6O+. The number of rotatable bonds is 4. The van der Waals surface area contributed by atoms with Crippen molar-refractivity contribution >= 4 is 22.8 Å². The van der Waals surface area contributed by atoms with Gasteiger partial charge in [0.05, 0.1) is 50.3 Å². The molecule has 1 aliphatic heterocycles. The van der Waals surface area contributed by atoms with E-state index in [9.17, 15) is 10.1 Å². The summed E-state index contributed by atoms with van der Waals surface area (Å²) in [7, 11) is 2.17. The molecule has 2 heterocycles. The fraction of sp³-hybridized carbons (Fsp3) is 0.474. The number of hydrogen-bond acceptors (Lipinski definition) is 5. The Hall–Kier alpha value is -2.72. The lowest BCUT2D eigenvalue weighted by molar-refractivity contribution is -0.880. The Morgan fingerprint density at radius 1 is 1.27 bits per heavy atom. The van der Waals surface area contributed by atoms with E-state index < -0.39 is 5.92 Å². The van der Waals surface area contributed by atoms with Gasteiger partial charge in [-0.2, -0.15) is 5.26 Å². The first-order chi connectivity index (χ1) is 12.7. The third-order valence-electron chi connectivity index (χ3n) is 5.08. The molecule has 7 heteroatoms. The van der Waals surface area contributed by atoms with Crippen molar-refractivity contribution in [2.24, 2.45) is 0 Å². The number of hydrogen-bond donors (Lipinski definition) is 2. The summed E-state index contributed by atoms with van der Waals surface area (Å²) < 4.78 is 0. The second kappa shape index (κ2) is 6.89. The summed E-state index contributed by atoms with van der Waals surface area (Å²) >= 11 is 0. The van der Waals surface area contributed by atoms with Crippen molar-refractivity contribution in [2.75, 3.05) is 38.1 Å². The number of benzene rings is 1. The minimum absolute atomic E-state index is 0.211. The van der Waals surface area contributed by atoms with Gasteiger partial charge in [-0.15, -0.1) is 0 Å². The van der Waals surface area contributed by atoms with Gasteiger partial charge in [0.1, 0.15) is 5.69 Å². The Balaban J connectivity index is 1.75. The zero-order chi connectivity index (χ0) is 18.1. The minimum atomic E-state index is -0.935. The molecule has 2 aromatic rings. The molecule has 1 amide bonds. The maximum absolute atomic E-state index is 12.6. The first-order valence-corrected chi connectivity index (χ1v) is 9.18. The first-order valence-electron chi connectivity index (χ1n) is 9.18. The number of piperazine rings is 1. The summed E-state index contributed by atoms with van der Waals surface area (Å²) in [4.78, 5) is 25.7. The fourth-order valence-electron chi connectivity index (χ4n) is 3.29. The van der Waals surface area contributed by atoms with Gasteiger partial charge in [-0.05, 0) is 25.0 Å². The predicted molar refractivity (Wildman–Crippen MR) is 97.9 cm³/mol. The Bertz CT molecular complexity index is 864. The van der Waals surface area contributed by atoms with E-state index >= 15 is 0 Å². The number of anilines is 1. The van der Waals surface area contributed by atoms with Crippen molar-refractivity contribution in [3.05, 3.63) is 30.0 Å². The number of carbonyl (C=O) groups is 1. The summed E-state index contributed by atoms with van der Waals surface area (Å²) in [5.74, 6) is -0.524. The molecule has 7 nitrogen and oxygen atoms in total. The summed E-state index contributed by atoms with van der Waals surface area (Å²) in [6, 6.07) is 9.98. The van der Waals surface area contributed by atoms with E-state index in [4.69, 9.17) is 9.97 Å². The maximum atomic E-state index is 12.6. The third-order valence-corrected chi connectivity index (χ3v) is 5.08. The van der Waals surface area contributed by atoms with E-state index in [-0.39, 0.29) is 11.9 Å². The van der Waals surface area contributed by atoms with Crippen LogP contribution >= 0.6 is 0 Å². The monoisotopic (exact) mass is 351 g/mol. The van der Waals surface area contributed by atoms with Gasteiger partial charge in [-0.25, -0.2) is 9.97 Å². The lowest BCUT2D eigenvalue weighted by Crippen LogP contribution is -3.12. The highest BCUT2D eigenvalue weighted by atomic mass is 16.2. The molecule has 1 atom stereocenters. The van der Waals surface area contributed by atoms with Crippen molar-refractivity contribution < 1.29 is 9.69 Å². The average Bonchev–Trinajstić information content (AvgIpc) is 3.46. The maximum Gasteiger partial charge on any atom is 0.243 e. The summed E-state index contributed by atoms with van der Waals surface area (Å²) in [6.07, 6.45) is 1.97. The number of amides is 1. The van der Waals surface area contributed by atoms with Crippen LogP contribution in [0.2, 0.25) is 0 Å². The molecule has 2 aliphatic rings. The number of nitrogens with zero attached hydrogens (tertiary/aromatic N) is 4. The zero-order valence-electron chi connectivity index (χ0n) is 14.9. The predicted octanol–water partition coefficient (Wildman–Crippen LogP) is -0.150. The second-order valence-electron chi connectivity index (χ2n) is 7.21. The van der Waals surface area contributed by atoms with Crippen LogP contribution in [-0.2, 0) is 4.79 Å². The van der Waals surface area contributed by atoms with E-state index in [1.54, 1.807) is 0 Å². The van der Waals surface area contributed by atoms with E-state index in [1.165, 1.54) is 4.90 Å². The summed E-state index contributed by atoms with van der Waals surface area (Å²) in [6.45, 7) is 3.68. The van der Waals surface area contributed by atoms with Gasteiger partial charge in [0.25, 0.3) is 0 Å². The molecule has 0 spiro atoms. The van der Waals surface area contributed by atoms with Gasteiger partial charge in [0.15, 0.2) is 11.7 Å². The quantitative estimate of drug-likeness (QED) is 0.800. The van der Waals surface area contributed by atoms with Crippen LogP contribution in [0.15, 0.2) is 24.3 Å². The number of likely N-dealkylation sites (N-methyl/N-ethyl adjacent to an activating group) is 1. The van der Waals surface area contributed by atoms with Gasteiger partial charge in [-0.1, -0.05) is 12.1 Å². The van der Waals surface area contributed by atoms with Crippen molar-refractivity contribution in [2.45, 2.75) is 24.8 Å². The van der Waals surface area contributed by atoms with E-state index in [0.29, 0.717) is 17.0 Å². The molecule has 1 aliphatic carbocycles. The molecule has 1 saturated carbocycles. The Morgan fingerprint density at radius 2 is 1.92 bits per heavy atom. The van der Waals surface area contributed by atoms with Crippen molar-refractivity contribution in [1.29, 1.82) is 5.26 Å². The standard InChI is InChI=1S/C19H22N6O/c1-24-8-10-25(11-9-24)18-17(14(12-20)19(26)21-13-6-7-13)22-15-4-2-3-5-16(15)23-18/h2-5,13-14H,6-11H2,1H3,(H,21,26)/p+1/t14-/m1/s1. The van der Waals surface area contributed by atoms with Crippen LogP contribution < -0.4 is 15.1 Å². The molecule has 0 bridgehead atoms. The summed E-state index contributed by atoms with van der Waals surface area (Å²) in [5, 5.41) is 12.7. The molecule has 2 N–H and O–H groups in total. The zero-order valence-corrected chi connectivity index (χ0v) is 14.9. The van der Waals surface area contributed by atoms with Crippen molar-refractivity contribution in [3.8, 4) is 6.07 Å². The Kier molecular flexibility index (Phi) is 4.43. The largest absolute Gasteiger partial charge is 0.352 e. The highest BCUT2D eigenvalue weighted by Crippen LogP contribution is 2.28. The first kappa shape index (κ1) is 16.7. The molecule has 1 aromatic heterocycles. The van der Waals surface area contributed by atoms with Gasteiger partial charge in [-0.3, -0.25) is 4.79 Å². The lowest BCUT2D eigenvalue weighted by atomic mass is 10.0. The van der Waals surface area contributed by atoms with E-state index in [1.807, 2.05) is 24.3 Å². The van der Waals surface area contributed by atoms with Crippen LogP contribution in [0, 0.1) is 11.3 Å². The van der Waals surface area contributed by atoms with Gasteiger partial charge in [0, 0.05) is 6.04 Å². The third kappa shape index (κ3) is 3.33. The number of para-hydroxylation sites is 2.